The molecule has 2 aromatic rings. The minimum absolute atomic E-state index is 0.0655. The van der Waals surface area contributed by atoms with Crippen molar-refractivity contribution < 1.29 is 15.0 Å². The van der Waals surface area contributed by atoms with Crippen LogP contribution < -0.4 is 5.01 Å². The van der Waals surface area contributed by atoms with Gasteiger partial charge in [0.1, 0.15) is 0 Å². The Bertz CT molecular complexity index is 898. The van der Waals surface area contributed by atoms with Gasteiger partial charge in [-0.1, -0.05) is 32.0 Å². The fourth-order valence-corrected chi connectivity index (χ4v) is 2.72. The van der Waals surface area contributed by atoms with Crippen LogP contribution in [0.5, 0.6) is 11.5 Å². The number of benzene rings is 2. The number of carbonyl (C=O) groups excluding carboxylic acids is 1. The summed E-state index contributed by atoms with van der Waals surface area (Å²) in [5.41, 5.74) is 3.58. The highest BCUT2D eigenvalue weighted by Crippen LogP contribution is 2.30. The number of aromatic hydroxyl groups is 2. The molecule has 0 spiro atoms. The van der Waals surface area contributed by atoms with E-state index in [0.717, 1.165) is 11.3 Å². The van der Waals surface area contributed by atoms with Crippen LogP contribution in [0.4, 0.5) is 5.69 Å². The van der Waals surface area contributed by atoms with Gasteiger partial charge in [0.2, 0.25) is 0 Å². The van der Waals surface area contributed by atoms with Crippen molar-refractivity contribution in [3.63, 3.8) is 0 Å². The van der Waals surface area contributed by atoms with Crippen molar-refractivity contribution in [2.45, 2.75) is 20.8 Å². The van der Waals surface area contributed by atoms with E-state index in [-0.39, 0.29) is 23.3 Å². The molecule has 1 aliphatic heterocycles. The van der Waals surface area contributed by atoms with Gasteiger partial charge in [0.05, 0.1) is 17.0 Å². The van der Waals surface area contributed by atoms with Crippen LogP contribution in [0.3, 0.4) is 0 Å². The normalized spacial score (nSPS) is 16.0. The van der Waals surface area contributed by atoms with Gasteiger partial charge in [0.15, 0.2) is 11.5 Å². The number of anilines is 1. The lowest BCUT2D eigenvalue weighted by Gasteiger charge is -2.12. The van der Waals surface area contributed by atoms with Gasteiger partial charge in [-0.05, 0) is 54.3 Å². The van der Waals surface area contributed by atoms with Crippen LogP contribution in [0, 0.1) is 12.8 Å². The standard InChI is InChI=1S/C20H20N2O3/c1-12(2)19-16(10-14-7-8-17(23)18(24)11-14)20(25)22(21-19)15-6-4-5-13(3)9-15/h4-12,23-24H,1-3H3. The average molecular weight is 336 g/mol. The third kappa shape index (κ3) is 3.26. The first-order valence-corrected chi connectivity index (χ1v) is 8.10. The molecule has 2 aromatic carbocycles. The molecule has 0 radical (unpaired) electrons. The Balaban J connectivity index is 2.04. The molecule has 0 fully saturated rings. The summed E-state index contributed by atoms with van der Waals surface area (Å²) in [5.74, 6) is -0.560. The van der Waals surface area contributed by atoms with Gasteiger partial charge >= 0.3 is 0 Å². The van der Waals surface area contributed by atoms with Crippen LogP contribution in [0.15, 0.2) is 53.1 Å². The highest BCUT2D eigenvalue weighted by molar-refractivity contribution is 6.33. The SMILES string of the molecule is Cc1cccc(N2N=C(C(C)C)C(=Cc3ccc(O)c(O)c3)C2=O)c1. The summed E-state index contributed by atoms with van der Waals surface area (Å²) in [6.45, 7) is 5.93. The summed E-state index contributed by atoms with van der Waals surface area (Å²) in [6.07, 6.45) is 1.69. The minimum atomic E-state index is -0.224. The summed E-state index contributed by atoms with van der Waals surface area (Å²) in [4.78, 5) is 12.9. The van der Waals surface area contributed by atoms with Crippen LogP contribution in [0.2, 0.25) is 0 Å². The molecule has 0 unspecified atom stereocenters. The Labute approximate surface area is 146 Å². The molecule has 0 aromatic heterocycles. The summed E-state index contributed by atoms with van der Waals surface area (Å²) in [7, 11) is 0. The van der Waals surface area contributed by atoms with E-state index >= 15 is 0 Å². The molecule has 1 aliphatic rings. The third-order valence-corrected chi connectivity index (χ3v) is 4.01. The highest BCUT2D eigenvalue weighted by atomic mass is 16.3. The van der Waals surface area contributed by atoms with E-state index in [2.05, 4.69) is 5.10 Å². The first kappa shape index (κ1) is 16.8. The molecule has 5 nitrogen and oxygen atoms in total. The van der Waals surface area contributed by atoms with E-state index in [4.69, 9.17) is 0 Å². The van der Waals surface area contributed by atoms with Gasteiger partial charge < -0.3 is 10.2 Å². The molecule has 128 valence electrons. The number of hydrogen-bond donors (Lipinski definition) is 2. The zero-order chi connectivity index (χ0) is 18.1. The van der Waals surface area contributed by atoms with E-state index in [1.807, 2.05) is 45.0 Å². The minimum Gasteiger partial charge on any atom is -0.504 e. The summed E-state index contributed by atoms with van der Waals surface area (Å²) in [5, 5.41) is 25.0. The van der Waals surface area contributed by atoms with Crippen molar-refractivity contribution in [2.24, 2.45) is 11.0 Å². The lowest BCUT2D eigenvalue weighted by molar-refractivity contribution is -0.114. The summed E-state index contributed by atoms with van der Waals surface area (Å²) < 4.78 is 0. The van der Waals surface area contributed by atoms with Gasteiger partial charge in [-0.3, -0.25) is 4.79 Å². The summed E-state index contributed by atoms with van der Waals surface area (Å²) >= 11 is 0. The summed E-state index contributed by atoms with van der Waals surface area (Å²) in [6, 6.07) is 12.1. The van der Waals surface area contributed by atoms with Gasteiger partial charge in [-0.2, -0.15) is 10.1 Å². The number of phenolic OH excluding ortho intramolecular Hbond substituents is 2. The Hall–Kier alpha value is -3.08. The molecule has 5 heteroatoms. The van der Waals surface area contributed by atoms with Gasteiger partial charge in [0, 0.05) is 0 Å². The molecule has 0 bridgehead atoms. The van der Waals surface area contributed by atoms with Crippen molar-refractivity contribution in [2.75, 3.05) is 5.01 Å². The van der Waals surface area contributed by atoms with Crippen molar-refractivity contribution in [1.29, 1.82) is 0 Å². The Kier molecular flexibility index (Phi) is 4.31. The van der Waals surface area contributed by atoms with Crippen LogP contribution in [-0.4, -0.2) is 21.8 Å². The van der Waals surface area contributed by atoms with Crippen molar-refractivity contribution in [3.8, 4) is 11.5 Å². The molecule has 0 saturated heterocycles. The molecule has 0 aliphatic carbocycles. The van der Waals surface area contributed by atoms with Crippen LogP contribution in [-0.2, 0) is 4.79 Å². The maximum absolute atomic E-state index is 12.9. The number of nitrogens with zero attached hydrogens (tertiary/aromatic N) is 2. The van der Waals surface area contributed by atoms with E-state index in [9.17, 15) is 15.0 Å². The monoisotopic (exact) mass is 336 g/mol. The molecule has 0 saturated carbocycles. The molecule has 0 atom stereocenters. The van der Waals surface area contributed by atoms with Gasteiger partial charge in [0.25, 0.3) is 5.91 Å². The lowest BCUT2D eigenvalue weighted by Crippen LogP contribution is -2.21. The number of phenols is 2. The van der Waals surface area contributed by atoms with Crippen LogP contribution in [0.25, 0.3) is 6.08 Å². The molecule has 1 heterocycles. The van der Waals surface area contributed by atoms with E-state index in [1.54, 1.807) is 12.1 Å². The largest absolute Gasteiger partial charge is 0.504 e. The van der Waals surface area contributed by atoms with Crippen molar-refractivity contribution in [3.05, 3.63) is 59.2 Å². The quantitative estimate of drug-likeness (QED) is 0.660. The number of carbonyl (C=O) groups is 1. The maximum atomic E-state index is 12.9. The lowest BCUT2D eigenvalue weighted by atomic mass is 9.98. The third-order valence-electron chi connectivity index (χ3n) is 4.01. The number of hydrogen-bond acceptors (Lipinski definition) is 4. The molecule has 3 rings (SSSR count). The topological polar surface area (TPSA) is 73.1 Å². The Morgan fingerprint density at radius 2 is 1.84 bits per heavy atom. The number of aryl methyl sites for hydroxylation is 1. The Morgan fingerprint density at radius 1 is 1.08 bits per heavy atom. The van der Waals surface area contributed by atoms with Crippen LogP contribution >= 0.6 is 0 Å². The average Bonchev–Trinajstić information content (AvgIpc) is 2.88. The van der Waals surface area contributed by atoms with E-state index in [1.165, 1.54) is 17.1 Å². The second-order valence-electron chi connectivity index (χ2n) is 6.40. The first-order chi connectivity index (χ1) is 11.9. The smallest absolute Gasteiger partial charge is 0.280 e. The molecule has 2 N–H and O–H groups in total. The predicted octanol–water partition coefficient (Wildman–Crippen LogP) is 3.85. The molecule has 1 amide bonds. The predicted molar refractivity (Wildman–Crippen MR) is 98.7 cm³/mol. The Morgan fingerprint density at radius 3 is 2.48 bits per heavy atom. The van der Waals surface area contributed by atoms with Crippen LogP contribution in [0.1, 0.15) is 25.0 Å². The zero-order valence-electron chi connectivity index (χ0n) is 14.4. The second kappa shape index (κ2) is 6.43. The van der Waals surface area contributed by atoms with E-state index < -0.39 is 0 Å². The number of hydrazone groups is 1. The molecular formula is C20H20N2O3. The van der Waals surface area contributed by atoms with Gasteiger partial charge in [-0.25, -0.2) is 0 Å². The number of amides is 1. The highest BCUT2D eigenvalue weighted by Gasteiger charge is 2.32. The van der Waals surface area contributed by atoms with Gasteiger partial charge in [-0.15, -0.1) is 0 Å². The number of rotatable bonds is 3. The fraction of sp³-hybridized carbons (Fsp3) is 0.200. The molecular weight excluding hydrogens is 316 g/mol. The zero-order valence-corrected chi connectivity index (χ0v) is 14.4. The fourth-order valence-electron chi connectivity index (χ4n) is 2.72. The maximum Gasteiger partial charge on any atom is 0.280 e. The van der Waals surface area contributed by atoms with Crippen molar-refractivity contribution in [1.82, 2.24) is 0 Å². The second-order valence-corrected chi connectivity index (χ2v) is 6.40. The molecule has 25 heavy (non-hydrogen) atoms. The van der Waals surface area contributed by atoms with Crippen molar-refractivity contribution >= 4 is 23.4 Å². The first-order valence-electron chi connectivity index (χ1n) is 8.10. The van der Waals surface area contributed by atoms with E-state index in [0.29, 0.717) is 16.8 Å².